The smallest absolute Gasteiger partial charge is 0.0499 e. The highest BCUT2D eigenvalue weighted by Crippen LogP contribution is 2.36. The Morgan fingerprint density at radius 1 is 1.29 bits per heavy atom. The summed E-state index contributed by atoms with van der Waals surface area (Å²) in [7, 11) is 2.22. The van der Waals surface area contributed by atoms with E-state index >= 15 is 0 Å². The molecule has 0 radical (unpaired) electrons. The molecule has 1 saturated carbocycles. The highest BCUT2D eigenvalue weighted by molar-refractivity contribution is 7.98. The van der Waals surface area contributed by atoms with E-state index in [-0.39, 0.29) is 5.41 Å². The first-order valence-corrected chi connectivity index (χ1v) is 8.33. The minimum absolute atomic E-state index is 0.195. The van der Waals surface area contributed by atoms with Crippen LogP contribution in [-0.2, 0) is 0 Å². The van der Waals surface area contributed by atoms with Crippen molar-refractivity contribution < 1.29 is 5.11 Å². The van der Waals surface area contributed by atoms with Crippen molar-refractivity contribution in [1.29, 1.82) is 0 Å². The minimum Gasteiger partial charge on any atom is -0.396 e. The molecule has 0 aromatic heterocycles. The molecule has 0 aromatic carbocycles. The number of rotatable bonds is 7. The van der Waals surface area contributed by atoms with Crippen molar-refractivity contribution in [1.82, 2.24) is 4.90 Å². The third-order valence-corrected chi connectivity index (χ3v) is 4.97. The zero-order chi connectivity index (χ0) is 12.7. The van der Waals surface area contributed by atoms with Gasteiger partial charge in [0.25, 0.3) is 0 Å². The van der Waals surface area contributed by atoms with Crippen LogP contribution in [0.4, 0.5) is 0 Å². The summed E-state index contributed by atoms with van der Waals surface area (Å²) in [5.74, 6) is 1.23. The molecule has 0 bridgehead atoms. The molecule has 1 unspecified atom stereocenters. The molecule has 1 aliphatic carbocycles. The van der Waals surface area contributed by atoms with Crippen LogP contribution in [0.3, 0.4) is 0 Å². The van der Waals surface area contributed by atoms with Gasteiger partial charge in [0, 0.05) is 24.6 Å². The fourth-order valence-corrected chi connectivity index (χ4v) is 3.44. The summed E-state index contributed by atoms with van der Waals surface area (Å²) in [6.07, 6.45) is 9.79. The second-order valence-corrected chi connectivity index (χ2v) is 6.75. The normalized spacial score (nSPS) is 21.7. The second-order valence-electron chi connectivity index (χ2n) is 5.76. The minimum atomic E-state index is 0.195. The maximum atomic E-state index is 9.72. The van der Waals surface area contributed by atoms with Gasteiger partial charge in [-0.25, -0.2) is 0 Å². The van der Waals surface area contributed by atoms with Crippen LogP contribution in [0.5, 0.6) is 0 Å². The lowest BCUT2D eigenvalue weighted by molar-refractivity contribution is 0.0374. The van der Waals surface area contributed by atoms with Gasteiger partial charge in [-0.2, -0.15) is 11.8 Å². The van der Waals surface area contributed by atoms with Gasteiger partial charge in [0.15, 0.2) is 0 Å². The average molecular weight is 259 g/mol. The number of thioether (sulfide) groups is 1. The van der Waals surface area contributed by atoms with Gasteiger partial charge in [0.05, 0.1) is 0 Å². The quantitative estimate of drug-likeness (QED) is 0.760. The molecule has 0 spiro atoms. The number of aliphatic hydroxyl groups excluding tert-OH is 1. The maximum absolute atomic E-state index is 9.72. The summed E-state index contributed by atoms with van der Waals surface area (Å²) in [5.41, 5.74) is 0.195. The number of aliphatic hydroxyl groups is 1. The van der Waals surface area contributed by atoms with Crippen molar-refractivity contribution in [2.45, 2.75) is 51.5 Å². The van der Waals surface area contributed by atoms with E-state index < -0.39 is 0 Å². The van der Waals surface area contributed by atoms with E-state index in [1.165, 1.54) is 44.3 Å². The molecular formula is C14H29NOS. The second kappa shape index (κ2) is 7.65. The Morgan fingerprint density at radius 3 is 2.47 bits per heavy atom. The molecule has 0 saturated heterocycles. The molecule has 0 aliphatic heterocycles. The molecule has 0 amide bonds. The van der Waals surface area contributed by atoms with Gasteiger partial charge >= 0.3 is 0 Å². The zero-order valence-corrected chi connectivity index (χ0v) is 12.6. The first-order valence-electron chi connectivity index (χ1n) is 6.93. The Bertz CT molecular complexity index is 204. The van der Waals surface area contributed by atoms with Gasteiger partial charge < -0.3 is 10.0 Å². The van der Waals surface area contributed by atoms with Crippen molar-refractivity contribution in [3.8, 4) is 0 Å². The summed E-state index contributed by atoms with van der Waals surface area (Å²) in [5, 5.41) is 9.72. The Balaban J connectivity index is 2.43. The van der Waals surface area contributed by atoms with Gasteiger partial charge in [-0.05, 0) is 45.2 Å². The predicted octanol–water partition coefficient (Wildman–Crippen LogP) is 3.00. The summed E-state index contributed by atoms with van der Waals surface area (Å²) >= 11 is 1.92. The van der Waals surface area contributed by atoms with Gasteiger partial charge in [0.2, 0.25) is 0 Å². The van der Waals surface area contributed by atoms with Crippen LogP contribution < -0.4 is 0 Å². The maximum Gasteiger partial charge on any atom is 0.0499 e. The standard InChI is InChI=1S/C14H29NOS/c1-13(7-10-17-3)15(2)11-14(12-16)8-5-4-6-9-14/h13,16H,4-12H2,1-3H3. The summed E-state index contributed by atoms with van der Waals surface area (Å²) in [6.45, 7) is 3.75. The van der Waals surface area contributed by atoms with Gasteiger partial charge in [-0.15, -0.1) is 0 Å². The van der Waals surface area contributed by atoms with E-state index in [0.29, 0.717) is 12.6 Å². The van der Waals surface area contributed by atoms with Crippen molar-refractivity contribution >= 4 is 11.8 Å². The van der Waals surface area contributed by atoms with Crippen LogP contribution in [0, 0.1) is 5.41 Å². The number of nitrogens with zero attached hydrogens (tertiary/aromatic N) is 1. The van der Waals surface area contributed by atoms with Crippen LogP contribution in [-0.4, -0.2) is 48.3 Å². The molecule has 1 aliphatic rings. The van der Waals surface area contributed by atoms with Crippen LogP contribution in [0.15, 0.2) is 0 Å². The van der Waals surface area contributed by atoms with E-state index in [2.05, 4.69) is 25.1 Å². The zero-order valence-electron chi connectivity index (χ0n) is 11.7. The van der Waals surface area contributed by atoms with Gasteiger partial charge in [-0.3, -0.25) is 0 Å². The topological polar surface area (TPSA) is 23.5 Å². The summed E-state index contributed by atoms with van der Waals surface area (Å²) in [6, 6.07) is 0.632. The van der Waals surface area contributed by atoms with E-state index in [4.69, 9.17) is 0 Å². The summed E-state index contributed by atoms with van der Waals surface area (Å²) in [4.78, 5) is 2.46. The third kappa shape index (κ3) is 4.80. The Labute approximate surface area is 111 Å². The molecule has 0 aromatic rings. The molecule has 1 rings (SSSR count). The average Bonchev–Trinajstić information content (AvgIpc) is 2.36. The van der Waals surface area contributed by atoms with Crippen LogP contribution in [0.1, 0.15) is 45.4 Å². The third-order valence-electron chi connectivity index (χ3n) is 4.33. The molecule has 1 fully saturated rings. The molecule has 0 heterocycles. The van der Waals surface area contributed by atoms with Crippen molar-refractivity contribution in [3.63, 3.8) is 0 Å². The SMILES string of the molecule is CSCCC(C)N(C)CC1(CO)CCCCC1. The number of hydrogen-bond donors (Lipinski definition) is 1. The van der Waals surface area contributed by atoms with Gasteiger partial charge in [0.1, 0.15) is 0 Å². The van der Waals surface area contributed by atoms with Crippen molar-refractivity contribution in [2.24, 2.45) is 5.41 Å². The molecule has 2 nitrogen and oxygen atoms in total. The van der Waals surface area contributed by atoms with E-state index in [9.17, 15) is 5.11 Å². The highest BCUT2D eigenvalue weighted by atomic mass is 32.2. The first-order chi connectivity index (χ1) is 8.13. The molecule has 1 atom stereocenters. The number of hydrogen-bond acceptors (Lipinski definition) is 3. The largest absolute Gasteiger partial charge is 0.396 e. The molecule has 1 N–H and O–H groups in total. The van der Waals surface area contributed by atoms with Crippen LogP contribution >= 0.6 is 11.8 Å². The fraction of sp³-hybridized carbons (Fsp3) is 1.00. The molecule has 17 heavy (non-hydrogen) atoms. The highest BCUT2D eigenvalue weighted by Gasteiger charge is 2.33. The Kier molecular flexibility index (Phi) is 6.90. The van der Waals surface area contributed by atoms with E-state index in [0.717, 1.165) is 6.54 Å². The van der Waals surface area contributed by atoms with Crippen LogP contribution in [0.25, 0.3) is 0 Å². The Hall–Kier alpha value is 0.270. The molecule has 3 heteroatoms. The first kappa shape index (κ1) is 15.3. The summed E-state index contributed by atoms with van der Waals surface area (Å²) < 4.78 is 0. The molecule has 102 valence electrons. The lowest BCUT2D eigenvalue weighted by Gasteiger charge is -2.40. The monoisotopic (exact) mass is 259 g/mol. The molecular weight excluding hydrogens is 230 g/mol. The van der Waals surface area contributed by atoms with E-state index in [1.807, 2.05) is 11.8 Å². The lowest BCUT2D eigenvalue weighted by atomic mass is 9.74. The van der Waals surface area contributed by atoms with Crippen molar-refractivity contribution in [3.05, 3.63) is 0 Å². The van der Waals surface area contributed by atoms with Gasteiger partial charge in [-0.1, -0.05) is 19.3 Å². The van der Waals surface area contributed by atoms with Crippen LogP contribution in [0.2, 0.25) is 0 Å². The fourth-order valence-electron chi connectivity index (χ4n) is 2.86. The van der Waals surface area contributed by atoms with Crippen molar-refractivity contribution in [2.75, 3.05) is 32.2 Å². The predicted molar refractivity (Wildman–Crippen MR) is 77.7 cm³/mol. The lowest BCUT2D eigenvalue weighted by Crippen LogP contribution is -2.43. The Morgan fingerprint density at radius 2 is 1.94 bits per heavy atom. The van der Waals surface area contributed by atoms with E-state index in [1.54, 1.807) is 0 Å².